The van der Waals surface area contributed by atoms with Crippen LogP contribution in [0.25, 0.3) is 0 Å². The molecule has 0 aliphatic carbocycles. The van der Waals surface area contributed by atoms with Crippen molar-refractivity contribution >= 4 is 10.1 Å². The third-order valence-corrected chi connectivity index (χ3v) is 2.08. The van der Waals surface area contributed by atoms with E-state index in [1.54, 1.807) is 0 Å². The Morgan fingerprint density at radius 3 is 2.53 bits per heavy atom. The van der Waals surface area contributed by atoms with E-state index in [4.69, 9.17) is 9.60 Å². The lowest BCUT2D eigenvalue weighted by Gasteiger charge is -2.10. The van der Waals surface area contributed by atoms with E-state index in [9.17, 15) is 21.6 Å². The van der Waals surface area contributed by atoms with Crippen LogP contribution in [0.3, 0.4) is 0 Å². The molecule has 1 aromatic rings. The molecular formula is C8H7F3O3S. The highest BCUT2D eigenvalue weighted by Gasteiger charge is 2.48. The van der Waals surface area contributed by atoms with Crippen LogP contribution < -0.4 is 4.18 Å². The molecule has 0 saturated carbocycles. The summed E-state index contributed by atoms with van der Waals surface area (Å²) >= 11 is 0. The van der Waals surface area contributed by atoms with Crippen molar-refractivity contribution in [3.05, 3.63) is 29.7 Å². The highest BCUT2D eigenvalue weighted by atomic mass is 32.2. The molecular weight excluding hydrogens is 233 g/mol. The van der Waals surface area contributed by atoms with Gasteiger partial charge in [0.25, 0.3) is 0 Å². The molecule has 0 saturated heterocycles. The van der Waals surface area contributed by atoms with Gasteiger partial charge < -0.3 is 4.18 Å². The Kier molecular flexibility index (Phi) is 1.29. The van der Waals surface area contributed by atoms with Crippen molar-refractivity contribution < 1.29 is 35.4 Å². The van der Waals surface area contributed by atoms with Crippen molar-refractivity contribution in [2.75, 3.05) is 0 Å². The zero-order valence-corrected chi connectivity index (χ0v) is 7.58. The predicted octanol–water partition coefficient (Wildman–Crippen LogP) is 2.22. The van der Waals surface area contributed by atoms with Crippen LogP contribution in [0, 0.1) is 6.85 Å². The number of benzene rings is 1. The average Bonchev–Trinajstić information content (AvgIpc) is 2.30. The van der Waals surface area contributed by atoms with Crippen LogP contribution in [0.4, 0.5) is 13.2 Å². The zero-order chi connectivity index (χ0) is 17.7. The molecule has 0 N–H and O–H groups in total. The largest absolute Gasteiger partial charge is 0.534 e. The molecule has 0 amide bonds. The lowest BCUT2D eigenvalue weighted by molar-refractivity contribution is -0.0500. The summed E-state index contributed by atoms with van der Waals surface area (Å²) in [5, 5.41) is 0. The van der Waals surface area contributed by atoms with Crippen LogP contribution in [0.15, 0.2) is 24.2 Å². The summed E-state index contributed by atoms with van der Waals surface area (Å²) in [6.45, 7) is -3.33. The first-order valence-electron chi connectivity index (χ1n) is 6.73. The number of hydrogen-bond acceptors (Lipinski definition) is 3. The Morgan fingerprint density at radius 1 is 1.40 bits per heavy atom. The Balaban J connectivity index is 3.75. The minimum absolute atomic E-state index is 1.05. The van der Waals surface area contributed by atoms with Gasteiger partial charge in [0.15, 0.2) is 0 Å². The molecule has 0 aliphatic rings. The lowest BCUT2D eigenvalue weighted by atomic mass is 10.2. The van der Waals surface area contributed by atoms with E-state index in [-0.39, 0.29) is 0 Å². The Hall–Kier alpha value is -1.24. The Morgan fingerprint density at radius 2 is 2.00 bits per heavy atom. The second-order valence-electron chi connectivity index (χ2n) is 2.19. The second-order valence-corrected chi connectivity index (χ2v) is 3.73. The van der Waals surface area contributed by atoms with Crippen molar-refractivity contribution in [2.45, 2.75) is 12.4 Å². The van der Waals surface area contributed by atoms with E-state index in [2.05, 4.69) is 4.18 Å². The van der Waals surface area contributed by atoms with Crippen LogP contribution in [0.2, 0.25) is 0 Å². The van der Waals surface area contributed by atoms with Gasteiger partial charge >= 0.3 is 15.6 Å². The molecule has 0 atom stereocenters. The molecule has 1 rings (SSSR count). The number of halogens is 3. The van der Waals surface area contributed by atoms with Crippen molar-refractivity contribution in [1.82, 2.24) is 0 Å². The highest BCUT2D eigenvalue weighted by molar-refractivity contribution is 7.88. The first-order chi connectivity index (χ1) is 9.61. The maximum atomic E-state index is 12.3. The molecule has 0 fully saturated rings. The van der Waals surface area contributed by atoms with Crippen molar-refractivity contribution in [3.8, 4) is 5.75 Å². The first kappa shape index (κ1) is 5.20. The molecule has 84 valence electrons. The normalized spacial score (nSPS) is 20.1. The molecule has 3 nitrogen and oxygen atoms in total. The van der Waals surface area contributed by atoms with Gasteiger partial charge in [-0.15, -0.1) is 0 Å². The van der Waals surface area contributed by atoms with E-state index < -0.39 is 58.0 Å². The van der Waals surface area contributed by atoms with Gasteiger partial charge in [-0.05, 0) is 18.5 Å². The van der Waals surface area contributed by atoms with Crippen LogP contribution in [0.5, 0.6) is 5.75 Å². The quantitative estimate of drug-likeness (QED) is 0.594. The minimum Gasteiger partial charge on any atom is -0.376 e. The summed E-state index contributed by atoms with van der Waals surface area (Å²) in [6, 6.07) is -4.74. The number of alkyl halides is 3. The highest BCUT2D eigenvalue weighted by Crippen LogP contribution is 2.28. The fraction of sp³-hybridized carbons (Fsp3) is 0.250. The molecule has 0 unspecified atom stereocenters. The fourth-order valence-corrected chi connectivity index (χ4v) is 0.959. The average molecular weight is 247 g/mol. The van der Waals surface area contributed by atoms with E-state index in [1.165, 1.54) is 0 Å². The van der Waals surface area contributed by atoms with Crippen molar-refractivity contribution in [1.29, 1.82) is 0 Å². The molecule has 0 spiro atoms. The van der Waals surface area contributed by atoms with Gasteiger partial charge in [-0.3, -0.25) is 0 Å². The maximum absolute atomic E-state index is 12.3. The van der Waals surface area contributed by atoms with Crippen LogP contribution in [-0.2, 0) is 10.1 Å². The van der Waals surface area contributed by atoms with Gasteiger partial charge in [-0.1, -0.05) is 18.1 Å². The van der Waals surface area contributed by atoms with Crippen molar-refractivity contribution in [3.63, 3.8) is 0 Å². The van der Waals surface area contributed by atoms with Crippen LogP contribution in [-0.4, -0.2) is 13.9 Å². The maximum Gasteiger partial charge on any atom is 0.534 e. The molecule has 7 heteroatoms. The summed E-state index contributed by atoms with van der Waals surface area (Å²) in [4.78, 5) is 0. The second kappa shape index (κ2) is 3.73. The smallest absolute Gasteiger partial charge is 0.376 e. The Labute approximate surface area is 94.4 Å². The zero-order valence-electron chi connectivity index (χ0n) is 13.8. The van der Waals surface area contributed by atoms with Gasteiger partial charge in [0.1, 0.15) is 5.75 Å². The molecule has 0 aliphatic heterocycles. The summed E-state index contributed by atoms with van der Waals surface area (Å²) in [5.74, 6) is -1.61. The van der Waals surface area contributed by atoms with Crippen LogP contribution >= 0.6 is 0 Å². The monoisotopic (exact) mass is 247 g/mol. The van der Waals surface area contributed by atoms with Gasteiger partial charge in [-0.2, -0.15) is 21.6 Å². The van der Waals surface area contributed by atoms with E-state index in [1.807, 2.05) is 0 Å². The fourth-order valence-electron chi connectivity index (χ4n) is 0.520. The van der Waals surface area contributed by atoms with Gasteiger partial charge in [0, 0.05) is 4.11 Å². The number of hydrogen-bond donors (Lipinski definition) is 0. The summed E-state index contributed by atoms with van der Waals surface area (Å²) < 4.78 is 113. The lowest BCUT2D eigenvalue weighted by Crippen LogP contribution is -2.28. The third kappa shape index (κ3) is 2.62. The van der Waals surface area contributed by atoms with Crippen molar-refractivity contribution in [2.24, 2.45) is 0 Å². The SMILES string of the molecule is [2H]c1c([2H])c([2H])c(C([2H])([2H])[2H])c(OS(=O)(=O)C(F)(F)F)c1[2H]. The van der Waals surface area contributed by atoms with E-state index >= 15 is 0 Å². The standard InChI is InChI=1S/C8H7F3O3S/c1-6-4-2-3-5-7(6)14-15(12,13)8(9,10)11/h2-5H,1H3/i1D3,2D,3D,4D,5D. The summed E-state index contributed by atoms with van der Waals surface area (Å²) in [7, 11) is -6.30. The molecule has 0 bridgehead atoms. The van der Waals surface area contributed by atoms with Gasteiger partial charge in [-0.25, -0.2) is 0 Å². The molecule has 0 aromatic heterocycles. The first-order valence-corrected chi connectivity index (χ1v) is 4.63. The van der Waals surface area contributed by atoms with Gasteiger partial charge in [0.05, 0.1) is 5.48 Å². The minimum atomic E-state index is -6.30. The predicted molar refractivity (Wildman–Crippen MR) is 46.8 cm³/mol. The Bertz CT molecular complexity index is 711. The summed E-state index contributed by atoms with van der Waals surface area (Å²) in [6.07, 6.45) is 0. The number of rotatable bonds is 2. The number of para-hydroxylation sites is 1. The van der Waals surface area contributed by atoms with Gasteiger partial charge in [0.2, 0.25) is 0 Å². The van der Waals surface area contributed by atoms with E-state index in [0.29, 0.717) is 0 Å². The summed E-state index contributed by atoms with van der Waals surface area (Å²) in [5.41, 5.74) is -7.25. The molecule has 1 aromatic carbocycles. The van der Waals surface area contributed by atoms with E-state index in [0.717, 1.165) is 0 Å². The third-order valence-electron chi connectivity index (χ3n) is 1.13. The van der Waals surface area contributed by atoms with Crippen LogP contribution in [0.1, 0.15) is 15.2 Å². The molecule has 0 heterocycles. The topological polar surface area (TPSA) is 43.4 Å². The molecule has 15 heavy (non-hydrogen) atoms. The molecule has 0 radical (unpaired) electrons.